The summed E-state index contributed by atoms with van der Waals surface area (Å²) in [7, 11) is 1.38. The molecule has 230 valence electrons. The van der Waals surface area contributed by atoms with Crippen LogP contribution in [0.2, 0.25) is 0 Å². The average molecular weight is 590 g/mol. The number of nitrogens with two attached hydrogens (primary N) is 2. The molecule has 0 radical (unpaired) electrons. The highest BCUT2D eigenvalue weighted by Gasteiger charge is 2.38. The van der Waals surface area contributed by atoms with E-state index < -0.39 is 78.7 Å². The Labute approximate surface area is 243 Å². The maximum Gasteiger partial charge on any atom is 0.329 e. The molecular formula is C27H39N7O8. The molecule has 1 aromatic carbocycles. The third-order valence-corrected chi connectivity index (χ3v) is 6.46. The Morgan fingerprint density at radius 3 is 2.33 bits per heavy atom. The third-order valence-electron chi connectivity index (χ3n) is 6.46. The highest BCUT2D eigenvalue weighted by atomic mass is 16.5. The fraction of sp³-hybridized carbons (Fsp3) is 0.519. The topological polar surface area (TPSA) is 236 Å². The van der Waals surface area contributed by atoms with Gasteiger partial charge in [-0.05, 0) is 24.3 Å². The van der Waals surface area contributed by atoms with Crippen LogP contribution in [0.5, 0.6) is 0 Å². The summed E-state index contributed by atoms with van der Waals surface area (Å²) < 4.78 is 5.57. The molecule has 1 saturated heterocycles. The molecular weight excluding hydrogens is 550 g/mol. The molecule has 0 bridgehead atoms. The van der Waals surface area contributed by atoms with Crippen molar-refractivity contribution in [2.24, 2.45) is 22.4 Å². The number of carboxylic acid groups (broad SMARTS) is 1. The minimum atomic E-state index is -1.55. The van der Waals surface area contributed by atoms with E-state index in [9.17, 15) is 33.9 Å². The van der Waals surface area contributed by atoms with Gasteiger partial charge < -0.3 is 42.2 Å². The Hall–Kier alpha value is -4.69. The van der Waals surface area contributed by atoms with E-state index in [2.05, 4.69) is 20.9 Å². The zero-order valence-electron chi connectivity index (χ0n) is 23.9. The summed E-state index contributed by atoms with van der Waals surface area (Å²) in [5.74, 6) is -6.12. The van der Waals surface area contributed by atoms with Gasteiger partial charge in [0.05, 0.1) is 13.0 Å². The van der Waals surface area contributed by atoms with E-state index in [0.717, 1.165) is 4.90 Å². The molecule has 2 rings (SSSR count). The van der Waals surface area contributed by atoms with Gasteiger partial charge in [-0.1, -0.05) is 44.2 Å². The number of hydrogen-bond acceptors (Lipinski definition) is 8. The number of nitrogens with one attached hydrogen (secondary N) is 3. The molecule has 1 aliphatic heterocycles. The Morgan fingerprint density at radius 1 is 1.07 bits per heavy atom. The highest BCUT2D eigenvalue weighted by molar-refractivity contribution is 5.96. The van der Waals surface area contributed by atoms with E-state index in [1.807, 2.05) is 0 Å². The lowest BCUT2D eigenvalue weighted by Gasteiger charge is -2.33. The van der Waals surface area contributed by atoms with Gasteiger partial charge in [0.1, 0.15) is 18.1 Å². The normalized spacial score (nSPS) is 22.7. The molecule has 8 N–H and O–H groups in total. The first-order valence-corrected chi connectivity index (χ1v) is 13.5. The molecule has 0 aliphatic carbocycles. The maximum absolute atomic E-state index is 13.8. The third kappa shape index (κ3) is 10.4. The lowest BCUT2D eigenvalue weighted by molar-refractivity contribution is -0.165. The van der Waals surface area contributed by atoms with Gasteiger partial charge >= 0.3 is 11.9 Å². The van der Waals surface area contributed by atoms with E-state index in [-0.39, 0.29) is 31.8 Å². The Morgan fingerprint density at radius 2 is 1.74 bits per heavy atom. The summed E-state index contributed by atoms with van der Waals surface area (Å²) in [4.78, 5) is 82.5. The maximum atomic E-state index is 13.8. The van der Waals surface area contributed by atoms with Gasteiger partial charge in [-0.25, -0.2) is 4.79 Å². The second-order valence-electron chi connectivity index (χ2n) is 10.2. The van der Waals surface area contributed by atoms with Crippen molar-refractivity contribution in [3.63, 3.8) is 0 Å². The SMILES string of the molecule is CC(C)[C@H]1C(=O)O[C@@H](CCCN=C(N)N)C(=O)NCC(=O)N[C@@H](CC(=O)O)C(=O)N[C@H](Cc2ccccc2)C(=O)N1C. The van der Waals surface area contributed by atoms with Crippen LogP contribution in [0.3, 0.4) is 0 Å². The zero-order chi connectivity index (χ0) is 31.4. The number of benzene rings is 1. The summed E-state index contributed by atoms with van der Waals surface area (Å²) >= 11 is 0. The average Bonchev–Trinajstić information content (AvgIpc) is 2.91. The molecule has 15 heteroatoms. The van der Waals surface area contributed by atoms with Crippen molar-refractivity contribution in [3.05, 3.63) is 35.9 Å². The van der Waals surface area contributed by atoms with Crippen molar-refractivity contribution in [3.8, 4) is 0 Å². The zero-order valence-corrected chi connectivity index (χ0v) is 23.9. The summed E-state index contributed by atoms with van der Waals surface area (Å²) in [6.07, 6.45) is -1.89. The second-order valence-corrected chi connectivity index (χ2v) is 10.2. The number of hydrogen-bond donors (Lipinski definition) is 6. The van der Waals surface area contributed by atoms with Crippen LogP contribution in [0.15, 0.2) is 35.3 Å². The summed E-state index contributed by atoms with van der Waals surface area (Å²) in [6, 6.07) is 4.82. The molecule has 1 aromatic rings. The monoisotopic (exact) mass is 589 g/mol. The fourth-order valence-electron chi connectivity index (χ4n) is 4.43. The number of guanidine groups is 1. The summed E-state index contributed by atoms with van der Waals surface area (Å²) in [5.41, 5.74) is 11.4. The molecule has 0 aromatic heterocycles. The number of likely N-dealkylation sites (N-methyl/N-ethyl adjacent to an activating group) is 1. The number of rotatable bonds is 9. The number of carbonyl (C=O) groups excluding carboxylic acids is 5. The van der Waals surface area contributed by atoms with Crippen molar-refractivity contribution >= 4 is 41.5 Å². The summed E-state index contributed by atoms with van der Waals surface area (Å²) in [5, 5.41) is 16.5. The van der Waals surface area contributed by atoms with E-state index in [0.29, 0.717) is 5.56 Å². The number of carboxylic acids is 1. The Bertz CT molecular complexity index is 1170. The predicted molar refractivity (Wildman–Crippen MR) is 150 cm³/mol. The van der Waals surface area contributed by atoms with Gasteiger partial charge in [0.2, 0.25) is 17.7 Å². The first kappa shape index (κ1) is 33.5. The van der Waals surface area contributed by atoms with Gasteiger partial charge in [-0.15, -0.1) is 0 Å². The first-order chi connectivity index (χ1) is 19.8. The van der Waals surface area contributed by atoms with Crippen molar-refractivity contribution < 1.29 is 38.6 Å². The Balaban J connectivity index is 2.50. The van der Waals surface area contributed by atoms with Gasteiger partial charge in [-0.3, -0.25) is 29.0 Å². The quantitative estimate of drug-likeness (QED) is 0.0822. The predicted octanol–water partition coefficient (Wildman–Crippen LogP) is -1.75. The van der Waals surface area contributed by atoms with Gasteiger partial charge in [0, 0.05) is 20.0 Å². The molecule has 0 spiro atoms. The number of esters is 1. The molecule has 4 atom stereocenters. The number of ether oxygens (including phenoxy) is 1. The van der Waals surface area contributed by atoms with E-state index in [1.54, 1.807) is 44.2 Å². The standard InChI is InChI=1S/C27H39N7O8/c1-15(2)22-26(41)42-19(10-7-11-30-27(28)29)24(39)31-14-20(35)32-17(13-21(36)37)23(38)33-18(25(40)34(22)3)12-16-8-5-4-6-9-16/h4-6,8-9,15,17-19,22H,7,10-14H2,1-3H3,(H,31,39)(H,32,35)(H,33,38)(H,36,37)(H4,28,29,30)/t17-,18+,19-,22-/m0/s1. The highest BCUT2D eigenvalue weighted by Crippen LogP contribution is 2.17. The van der Waals surface area contributed by atoms with Crippen LogP contribution in [0.4, 0.5) is 0 Å². The van der Waals surface area contributed by atoms with Crippen molar-refractivity contribution in [2.45, 2.75) is 63.8 Å². The van der Waals surface area contributed by atoms with E-state index in [1.165, 1.54) is 7.05 Å². The van der Waals surface area contributed by atoms with Crippen molar-refractivity contribution in [1.29, 1.82) is 0 Å². The largest absolute Gasteiger partial charge is 0.481 e. The van der Waals surface area contributed by atoms with Crippen LogP contribution in [0.25, 0.3) is 0 Å². The van der Waals surface area contributed by atoms with Crippen LogP contribution in [0.1, 0.15) is 38.7 Å². The minimum absolute atomic E-state index is 0.00321. The molecule has 1 aliphatic rings. The molecule has 42 heavy (non-hydrogen) atoms. The van der Waals surface area contributed by atoms with Crippen LogP contribution >= 0.6 is 0 Å². The molecule has 4 amide bonds. The van der Waals surface area contributed by atoms with Gasteiger partial charge in [-0.2, -0.15) is 0 Å². The number of aliphatic imine (C=N–C) groups is 1. The lowest BCUT2D eigenvalue weighted by atomic mass is 9.99. The molecule has 15 nitrogen and oxygen atoms in total. The number of nitrogens with zero attached hydrogens (tertiary/aromatic N) is 2. The molecule has 1 fully saturated rings. The van der Waals surface area contributed by atoms with Crippen LogP contribution in [-0.2, 0) is 39.9 Å². The van der Waals surface area contributed by atoms with Gasteiger partial charge in [0.15, 0.2) is 12.1 Å². The molecule has 0 saturated carbocycles. The van der Waals surface area contributed by atoms with Crippen molar-refractivity contribution in [1.82, 2.24) is 20.9 Å². The second kappa shape index (κ2) is 15.9. The lowest BCUT2D eigenvalue weighted by Crippen LogP contribution is -2.58. The number of aliphatic carboxylic acids is 1. The number of carbonyl (C=O) groups is 6. The van der Waals surface area contributed by atoms with Crippen LogP contribution in [0, 0.1) is 5.92 Å². The molecule has 1 heterocycles. The van der Waals surface area contributed by atoms with E-state index >= 15 is 0 Å². The fourth-order valence-corrected chi connectivity index (χ4v) is 4.43. The first-order valence-electron chi connectivity index (χ1n) is 13.5. The van der Waals surface area contributed by atoms with Crippen LogP contribution in [-0.4, -0.2) is 95.9 Å². The smallest absolute Gasteiger partial charge is 0.329 e. The number of cyclic esters (lactones) is 1. The Kier molecular flexibility index (Phi) is 12.7. The van der Waals surface area contributed by atoms with Crippen LogP contribution < -0.4 is 27.4 Å². The molecule has 0 unspecified atom stereocenters. The van der Waals surface area contributed by atoms with Gasteiger partial charge in [0.25, 0.3) is 5.91 Å². The van der Waals surface area contributed by atoms with Crippen molar-refractivity contribution in [2.75, 3.05) is 20.1 Å². The summed E-state index contributed by atoms with van der Waals surface area (Å²) in [6.45, 7) is 2.88. The number of amides is 4. The minimum Gasteiger partial charge on any atom is -0.481 e. The van der Waals surface area contributed by atoms with E-state index in [4.69, 9.17) is 16.2 Å².